The second-order valence-electron chi connectivity index (χ2n) is 7.51. The van der Waals surface area contributed by atoms with Crippen molar-refractivity contribution in [2.24, 2.45) is 0 Å². The Kier molecular flexibility index (Phi) is 5.42. The van der Waals surface area contributed by atoms with Crippen LogP contribution in [0.5, 0.6) is 0 Å². The van der Waals surface area contributed by atoms with Crippen molar-refractivity contribution in [3.63, 3.8) is 0 Å². The van der Waals surface area contributed by atoms with E-state index in [4.69, 9.17) is 0 Å². The largest absolute Gasteiger partial charge is 0.336 e. The van der Waals surface area contributed by atoms with Crippen LogP contribution >= 0.6 is 0 Å². The third-order valence-corrected chi connectivity index (χ3v) is 5.57. The van der Waals surface area contributed by atoms with Crippen molar-refractivity contribution in [1.29, 1.82) is 0 Å². The van der Waals surface area contributed by atoms with Gasteiger partial charge >= 0.3 is 0 Å². The van der Waals surface area contributed by atoms with Crippen molar-refractivity contribution in [1.82, 2.24) is 14.7 Å². The van der Waals surface area contributed by atoms with E-state index in [-0.39, 0.29) is 24.4 Å². The number of aryl methyl sites for hydroxylation is 1. The van der Waals surface area contributed by atoms with Gasteiger partial charge in [0.05, 0.1) is 6.54 Å². The molecule has 0 aromatic heterocycles. The first kappa shape index (κ1) is 17.9. The van der Waals surface area contributed by atoms with Crippen LogP contribution in [0.1, 0.15) is 42.9 Å². The zero-order valence-corrected chi connectivity index (χ0v) is 15.6. The van der Waals surface area contributed by atoms with E-state index in [9.17, 15) is 9.59 Å². The van der Waals surface area contributed by atoms with E-state index in [1.165, 1.54) is 12.8 Å². The second-order valence-corrected chi connectivity index (χ2v) is 7.51. The van der Waals surface area contributed by atoms with Gasteiger partial charge in [-0.2, -0.15) is 0 Å². The topological polar surface area (TPSA) is 43.9 Å². The third kappa shape index (κ3) is 3.71. The van der Waals surface area contributed by atoms with Crippen molar-refractivity contribution in [3.8, 4) is 0 Å². The second kappa shape index (κ2) is 7.56. The lowest BCUT2D eigenvalue weighted by Gasteiger charge is -2.40. The van der Waals surface area contributed by atoms with E-state index in [1.807, 2.05) is 55.1 Å². The summed E-state index contributed by atoms with van der Waals surface area (Å²) in [5.41, 5.74) is 2.12. The molecule has 1 heterocycles. The summed E-state index contributed by atoms with van der Waals surface area (Å²) in [5, 5.41) is 0. The number of benzene rings is 1. The van der Waals surface area contributed by atoms with Gasteiger partial charge in [-0.1, -0.05) is 37.1 Å². The fourth-order valence-corrected chi connectivity index (χ4v) is 4.18. The van der Waals surface area contributed by atoms with Gasteiger partial charge in [-0.25, -0.2) is 0 Å². The maximum absolute atomic E-state index is 13.2. The Morgan fingerprint density at radius 2 is 1.84 bits per heavy atom. The van der Waals surface area contributed by atoms with Crippen LogP contribution in [0.15, 0.2) is 24.3 Å². The van der Waals surface area contributed by atoms with Gasteiger partial charge in [0.15, 0.2) is 0 Å². The van der Waals surface area contributed by atoms with Crippen LogP contribution in [0.25, 0.3) is 0 Å². The molecule has 1 saturated heterocycles. The summed E-state index contributed by atoms with van der Waals surface area (Å²) in [6.45, 7) is 3.55. The molecule has 2 amide bonds. The summed E-state index contributed by atoms with van der Waals surface area (Å²) in [4.78, 5) is 31.5. The van der Waals surface area contributed by atoms with Gasteiger partial charge in [0, 0.05) is 19.1 Å². The number of rotatable bonds is 4. The van der Waals surface area contributed by atoms with Crippen molar-refractivity contribution in [3.05, 3.63) is 35.4 Å². The lowest BCUT2D eigenvalue weighted by molar-refractivity contribution is -0.149. The molecule has 1 aliphatic carbocycles. The van der Waals surface area contributed by atoms with Crippen LogP contribution < -0.4 is 0 Å². The predicted molar refractivity (Wildman–Crippen MR) is 98.2 cm³/mol. The van der Waals surface area contributed by atoms with Crippen molar-refractivity contribution in [2.45, 2.75) is 44.7 Å². The number of hydrogen-bond acceptors (Lipinski definition) is 3. The van der Waals surface area contributed by atoms with Gasteiger partial charge in [-0.15, -0.1) is 0 Å². The Morgan fingerprint density at radius 3 is 2.44 bits per heavy atom. The third-order valence-electron chi connectivity index (χ3n) is 5.57. The molecule has 25 heavy (non-hydrogen) atoms. The van der Waals surface area contributed by atoms with Gasteiger partial charge in [0.2, 0.25) is 11.8 Å². The zero-order chi connectivity index (χ0) is 18.0. The highest BCUT2D eigenvalue weighted by Crippen LogP contribution is 2.27. The Balaban J connectivity index is 1.73. The molecular weight excluding hydrogens is 314 g/mol. The summed E-state index contributed by atoms with van der Waals surface area (Å²) >= 11 is 0. The maximum Gasteiger partial charge on any atom is 0.245 e. The van der Waals surface area contributed by atoms with Crippen LogP contribution in [-0.2, 0) is 9.59 Å². The van der Waals surface area contributed by atoms with E-state index in [0.29, 0.717) is 19.1 Å². The number of amides is 2. The number of piperazine rings is 1. The van der Waals surface area contributed by atoms with E-state index < -0.39 is 0 Å². The monoisotopic (exact) mass is 343 g/mol. The Morgan fingerprint density at radius 1 is 1.16 bits per heavy atom. The first-order chi connectivity index (χ1) is 12.0. The summed E-state index contributed by atoms with van der Waals surface area (Å²) in [6, 6.07) is 8.05. The van der Waals surface area contributed by atoms with Crippen LogP contribution in [0.2, 0.25) is 0 Å². The first-order valence-electron chi connectivity index (χ1n) is 9.29. The van der Waals surface area contributed by atoms with Crippen LogP contribution in [0.3, 0.4) is 0 Å². The van der Waals surface area contributed by atoms with Crippen LogP contribution in [0.4, 0.5) is 0 Å². The highest BCUT2D eigenvalue weighted by molar-refractivity contribution is 5.89. The number of carbonyl (C=O) groups is 2. The molecule has 1 aromatic carbocycles. The molecule has 0 unspecified atom stereocenters. The van der Waals surface area contributed by atoms with Crippen molar-refractivity contribution < 1.29 is 9.59 Å². The highest BCUT2D eigenvalue weighted by Gasteiger charge is 2.36. The first-order valence-corrected chi connectivity index (χ1v) is 9.29. The lowest BCUT2D eigenvalue weighted by atomic mass is 9.99. The normalized spacial score (nSPS) is 20.4. The molecule has 1 aromatic rings. The van der Waals surface area contributed by atoms with Crippen LogP contribution in [-0.4, -0.2) is 66.3 Å². The van der Waals surface area contributed by atoms with Gasteiger partial charge in [0.1, 0.15) is 6.04 Å². The number of hydrogen-bond donors (Lipinski definition) is 0. The average Bonchev–Trinajstić information content (AvgIpc) is 3.10. The Hall–Kier alpha value is -1.88. The molecule has 1 atom stereocenters. The standard InChI is InChI=1S/C20H29N3O2/c1-15-8-4-7-11-17(15)19(21(2)3)20(25)22-12-13-23(18(24)14-22)16-9-5-6-10-16/h4,7-8,11,16,19H,5-6,9-10,12-14H2,1-3H3/t19-/m0/s1. The minimum atomic E-state index is -0.341. The molecule has 2 fully saturated rings. The smallest absolute Gasteiger partial charge is 0.245 e. The Bertz CT molecular complexity index is 638. The number of likely N-dealkylation sites (N-methyl/N-ethyl adjacent to an activating group) is 1. The predicted octanol–water partition coefficient (Wildman–Crippen LogP) is 2.21. The molecule has 0 radical (unpaired) electrons. The summed E-state index contributed by atoms with van der Waals surface area (Å²) in [6.07, 6.45) is 4.66. The number of nitrogens with zero attached hydrogens (tertiary/aromatic N) is 3. The minimum absolute atomic E-state index is 0.0266. The van der Waals surface area contributed by atoms with Gasteiger partial charge < -0.3 is 9.80 Å². The summed E-state index contributed by atoms with van der Waals surface area (Å²) < 4.78 is 0. The zero-order valence-electron chi connectivity index (χ0n) is 15.6. The van der Waals surface area contributed by atoms with Gasteiger partial charge in [-0.3, -0.25) is 14.5 Å². The molecule has 5 heteroatoms. The molecule has 0 N–H and O–H groups in total. The van der Waals surface area contributed by atoms with E-state index >= 15 is 0 Å². The molecule has 1 aliphatic heterocycles. The van der Waals surface area contributed by atoms with Crippen molar-refractivity contribution in [2.75, 3.05) is 33.7 Å². The van der Waals surface area contributed by atoms with Gasteiger partial charge in [0.25, 0.3) is 0 Å². The number of carbonyl (C=O) groups excluding carboxylic acids is 2. The molecule has 1 saturated carbocycles. The van der Waals surface area contributed by atoms with Crippen LogP contribution in [0, 0.1) is 6.92 Å². The highest BCUT2D eigenvalue weighted by atomic mass is 16.2. The SMILES string of the molecule is Cc1ccccc1[C@@H](C(=O)N1CCN(C2CCCC2)C(=O)C1)N(C)C. The van der Waals surface area contributed by atoms with Crippen molar-refractivity contribution >= 4 is 11.8 Å². The maximum atomic E-state index is 13.2. The lowest BCUT2D eigenvalue weighted by Crippen LogP contribution is -2.56. The van der Waals surface area contributed by atoms with Gasteiger partial charge in [-0.05, 0) is 45.0 Å². The quantitative estimate of drug-likeness (QED) is 0.842. The summed E-state index contributed by atoms with van der Waals surface area (Å²) in [7, 11) is 3.84. The van der Waals surface area contributed by atoms with E-state index in [2.05, 4.69) is 0 Å². The van der Waals surface area contributed by atoms with E-state index in [0.717, 1.165) is 24.0 Å². The molecule has 136 valence electrons. The molecule has 3 rings (SSSR count). The molecule has 5 nitrogen and oxygen atoms in total. The molecule has 0 bridgehead atoms. The average molecular weight is 343 g/mol. The fourth-order valence-electron chi connectivity index (χ4n) is 4.18. The van der Waals surface area contributed by atoms with E-state index in [1.54, 1.807) is 4.90 Å². The molecule has 2 aliphatic rings. The fraction of sp³-hybridized carbons (Fsp3) is 0.600. The molecular formula is C20H29N3O2. The minimum Gasteiger partial charge on any atom is -0.336 e. The molecule has 0 spiro atoms. The Labute approximate surface area is 150 Å². The summed E-state index contributed by atoms with van der Waals surface area (Å²) in [5.74, 6) is 0.132.